The molecule has 18 aromatic rings. The molecule has 0 heteroatoms. The van der Waals surface area contributed by atoms with Crippen LogP contribution in [-0.2, 0) is 32.5 Å². The Labute approximate surface area is 747 Å². The van der Waals surface area contributed by atoms with E-state index in [4.69, 9.17) is 0 Å². The van der Waals surface area contributed by atoms with E-state index in [2.05, 4.69) is 520 Å². The third-order valence-corrected chi connectivity index (χ3v) is 28.2. The molecule has 0 heterocycles. The van der Waals surface area contributed by atoms with Crippen LogP contribution in [0.5, 0.6) is 0 Å². The minimum Gasteiger partial charge on any atom is -0.0622 e. The van der Waals surface area contributed by atoms with Gasteiger partial charge in [0.05, 0.1) is 16.2 Å². The fraction of sp³-hybridized carbons (Fsp3) is 0.143. The van der Waals surface area contributed by atoms with Crippen LogP contribution in [0.1, 0.15) is 175 Å². The summed E-state index contributed by atoms with van der Waals surface area (Å²) < 4.78 is 0. The van der Waals surface area contributed by atoms with Crippen LogP contribution >= 0.6 is 0 Å². The molecule has 0 fully saturated rings. The van der Waals surface area contributed by atoms with Gasteiger partial charge < -0.3 is 0 Å². The van der Waals surface area contributed by atoms with Crippen LogP contribution < -0.4 is 0 Å². The van der Waals surface area contributed by atoms with Crippen LogP contribution in [0.2, 0.25) is 0 Å². The van der Waals surface area contributed by atoms with Crippen LogP contribution in [-0.4, -0.2) is 0 Å². The number of aryl methyl sites for hydroxylation is 6. The number of fused-ring (bicyclic) bond motifs is 18. The van der Waals surface area contributed by atoms with Gasteiger partial charge in [-0.25, -0.2) is 0 Å². The van der Waals surface area contributed by atoms with Gasteiger partial charge in [0.25, 0.3) is 0 Å². The molecule has 0 N–H and O–H groups in total. The number of benzene rings is 18. The lowest BCUT2D eigenvalue weighted by Gasteiger charge is -2.34. The first-order chi connectivity index (χ1) is 61.3. The van der Waals surface area contributed by atoms with E-state index in [1.165, 1.54) is 200 Å². The van der Waals surface area contributed by atoms with Crippen LogP contribution in [0.4, 0.5) is 0 Å². The number of hydrogen-bond donors (Lipinski definition) is 0. The predicted octanol–water partition coefficient (Wildman–Crippen LogP) is 32.0. The standard InChI is InChI=1S/3C26H20.3C16H16/c1-19-11-10-17-23-22-16-8-9-18-24(22)26(25(19)23,20-12-4-2-5-13-20)21-14-6-3-7-15-21;1-19-16-17-25-23(18-19)22-14-8-9-15-24(22)26(25,20-10-4-2-5-11-20)21-12-6-3-7-13-21;1-19-16-17-23-22-14-8-9-15-24(22)26(25(23)18-19,20-10-4-2-5-11-20)21-12-6-3-7-13-21;1-11-7-6-10-14-15(11)12-8-4-5-9-13(12)16(14,2)3;1-11-8-9-15-13(10-11)12-6-4-5-7-14(12)16(15,2)3;1-11-8-9-13-12-6-4-5-7-14(12)16(2,3)15(13)10-11/h3*2-18H,1H3;3*4-10H,1-3H3. The highest BCUT2D eigenvalue weighted by Crippen LogP contribution is 2.61. The fourth-order valence-electron chi connectivity index (χ4n) is 22.4. The molecule has 0 bridgehead atoms. The molecule has 0 saturated carbocycles. The average Bonchev–Trinajstić information content (AvgIpc) is 1.54. The van der Waals surface area contributed by atoms with Crippen LogP contribution in [0.3, 0.4) is 0 Å². The molecular formula is C126H108. The van der Waals surface area contributed by atoms with Gasteiger partial charge in [-0.2, -0.15) is 0 Å². The molecule has 0 aromatic heterocycles. The van der Waals surface area contributed by atoms with Gasteiger partial charge in [0.2, 0.25) is 0 Å². The van der Waals surface area contributed by atoms with E-state index in [-0.39, 0.29) is 32.5 Å². The van der Waals surface area contributed by atoms with E-state index < -0.39 is 0 Å². The lowest BCUT2D eigenvalue weighted by molar-refractivity contribution is 0.659. The first-order valence-electron chi connectivity index (χ1n) is 44.9. The van der Waals surface area contributed by atoms with Crippen molar-refractivity contribution < 1.29 is 0 Å². The van der Waals surface area contributed by atoms with Gasteiger partial charge in [0, 0.05) is 16.2 Å². The molecule has 6 aliphatic rings. The lowest BCUT2D eigenvalue weighted by atomic mass is 9.67. The first kappa shape index (κ1) is 81.6. The van der Waals surface area contributed by atoms with Crippen LogP contribution in [0, 0.1) is 41.5 Å². The van der Waals surface area contributed by atoms with Crippen molar-refractivity contribution in [1.82, 2.24) is 0 Å². The monoisotopic (exact) mass is 1620 g/mol. The zero-order chi connectivity index (χ0) is 86.7. The first-order valence-corrected chi connectivity index (χ1v) is 44.9. The van der Waals surface area contributed by atoms with E-state index in [0.717, 1.165) is 0 Å². The minimum absolute atomic E-state index is 0.151. The average molecular weight is 1620 g/mol. The highest BCUT2D eigenvalue weighted by molar-refractivity contribution is 5.91. The topological polar surface area (TPSA) is 0 Å². The molecule has 0 atom stereocenters. The molecule has 24 rings (SSSR count). The summed E-state index contributed by atoms with van der Waals surface area (Å²) in [6.07, 6.45) is 0. The van der Waals surface area contributed by atoms with Gasteiger partial charge in [-0.1, -0.05) is 501 Å². The maximum absolute atomic E-state index is 2.37. The zero-order valence-corrected chi connectivity index (χ0v) is 74.6. The van der Waals surface area contributed by atoms with Gasteiger partial charge >= 0.3 is 0 Å². The van der Waals surface area contributed by atoms with E-state index in [1.807, 2.05) is 0 Å². The summed E-state index contributed by atoms with van der Waals surface area (Å²) in [5, 5.41) is 0. The second kappa shape index (κ2) is 32.9. The summed E-state index contributed by atoms with van der Waals surface area (Å²) in [5.74, 6) is 0. The molecule has 0 radical (unpaired) electrons. The quantitative estimate of drug-likeness (QED) is 0.156. The maximum atomic E-state index is 2.37. The molecule has 126 heavy (non-hydrogen) atoms. The smallest absolute Gasteiger partial charge is 0.0622 e. The van der Waals surface area contributed by atoms with E-state index in [9.17, 15) is 0 Å². The zero-order valence-electron chi connectivity index (χ0n) is 74.6. The van der Waals surface area contributed by atoms with Crippen molar-refractivity contribution in [3.63, 3.8) is 0 Å². The number of rotatable bonds is 6. The van der Waals surface area contributed by atoms with Gasteiger partial charge in [-0.3, -0.25) is 0 Å². The molecular weight excluding hydrogens is 1510 g/mol. The largest absolute Gasteiger partial charge is 0.0716 e. The van der Waals surface area contributed by atoms with Crippen molar-refractivity contribution in [3.05, 3.63) is 570 Å². The molecule has 0 aliphatic heterocycles. The maximum Gasteiger partial charge on any atom is 0.0716 e. The third kappa shape index (κ3) is 13.4. The van der Waals surface area contributed by atoms with E-state index in [1.54, 1.807) is 0 Å². The Morgan fingerprint density at radius 2 is 0.381 bits per heavy atom. The third-order valence-electron chi connectivity index (χ3n) is 28.2. The Bertz CT molecular complexity index is 6950. The second-order valence-corrected chi connectivity index (χ2v) is 36.8. The SMILES string of the molecule is Cc1ccc2c(c1)-c1ccccc1C2(C)C.Cc1ccc2c(c1)-c1ccccc1C2(c1ccccc1)c1ccccc1.Cc1ccc2c(c1)C(C)(C)c1ccccc1-2.Cc1ccc2c(c1)C(c1ccccc1)(c1ccccc1)c1ccccc1-2.Cc1cccc2c1-c1ccccc1C2(C)C.Cc1cccc2c1C(c1ccccc1)(c1ccccc1)c1ccccc1-2. The Hall–Kier alpha value is -14.0. The molecule has 0 unspecified atom stereocenters. The van der Waals surface area contributed by atoms with Gasteiger partial charge in [-0.05, 0) is 220 Å². The molecule has 0 saturated heterocycles. The molecule has 6 aliphatic carbocycles. The summed E-state index contributed by atoms with van der Waals surface area (Å²) in [7, 11) is 0. The Kier molecular flexibility index (Phi) is 21.3. The van der Waals surface area contributed by atoms with Gasteiger partial charge in [-0.15, -0.1) is 0 Å². The molecule has 0 spiro atoms. The Morgan fingerprint density at radius 3 is 0.833 bits per heavy atom. The lowest BCUT2D eigenvalue weighted by Crippen LogP contribution is -2.29. The summed E-state index contributed by atoms with van der Waals surface area (Å²) >= 11 is 0. The second-order valence-electron chi connectivity index (χ2n) is 36.8. The van der Waals surface area contributed by atoms with Crippen molar-refractivity contribution in [2.24, 2.45) is 0 Å². The highest BCUT2D eigenvalue weighted by Gasteiger charge is 2.50. The van der Waals surface area contributed by atoms with Crippen molar-refractivity contribution >= 4 is 0 Å². The van der Waals surface area contributed by atoms with Crippen molar-refractivity contribution in [2.75, 3.05) is 0 Å². The molecule has 612 valence electrons. The van der Waals surface area contributed by atoms with Crippen molar-refractivity contribution in [2.45, 2.75) is 116 Å². The van der Waals surface area contributed by atoms with Gasteiger partial charge in [0.15, 0.2) is 0 Å². The molecule has 0 amide bonds. The van der Waals surface area contributed by atoms with Gasteiger partial charge in [0.1, 0.15) is 0 Å². The minimum atomic E-state index is -0.264. The predicted molar refractivity (Wildman–Crippen MR) is 532 cm³/mol. The number of hydrogen-bond acceptors (Lipinski definition) is 0. The van der Waals surface area contributed by atoms with E-state index >= 15 is 0 Å². The summed E-state index contributed by atoms with van der Waals surface area (Å²) in [4.78, 5) is 0. The summed E-state index contributed by atoms with van der Waals surface area (Å²) in [6, 6.07) is 159. The molecule has 0 nitrogen and oxygen atoms in total. The summed E-state index contributed by atoms with van der Waals surface area (Å²) in [5.41, 5.74) is 49.3. The van der Waals surface area contributed by atoms with Crippen molar-refractivity contribution in [1.29, 1.82) is 0 Å². The van der Waals surface area contributed by atoms with Crippen LogP contribution in [0.25, 0.3) is 66.8 Å². The normalized spacial score (nSPS) is 14.6. The highest BCUT2D eigenvalue weighted by atomic mass is 14.5. The summed E-state index contributed by atoms with van der Waals surface area (Å²) in [6.45, 7) is 27.0. The van der Waals surface area contributed by atoms with Crippen molar-refractivity contribution in [3.8, 4) is 66.8 Å². The van der Waals surface area contributed by atoms with Crippen LogP contribution in [0.15, 0.2) is 437 Å². The fourth-order valence-corrected chi connectivity index (χ4v) is 22.4. The van der Waals surface area contributed by atoms with E-state index in [0.29, 0.717) is 0 Å². The Morgan fingerprint density at radius 1 is 0.143 bits per heavy atom. The Balaban J connectivity index is 0.000000100. The molecule has 18 aromatic carbocycles.